The van der Waals surface area contributed by atoms with E-state index in [1.165, 1.54) is 6.08 Å². The molecule has 1 aromatic heterocycles. The minimum atomic E-state index is -0.412. The molecule has 0 saturated heterocycles. The topological polar surface area (TPSA) is 55.0 Å². The Hall–Kier alpha value is -1.84. The maximum atomic E-state index is 10.2. The third kappa shape index (κ3) is 8.06. The normalized spacial score (nSPS) is 7.69. The lowest BCUT2D eigenvalue weighted by atomic mass is 10.6. The molecule has 0 spiro atoms. The van der Waals surface area contributed by atoms with E-state index < -0.39 is 5.97 Å². The Bertz CT molecular complexity index is 225. The van der Waals surface area contributed by atoms with Crippen LogP contribution in [0.4, 0.5) is 0 Å². The molecule has 4 heteroatoms. The van der Waals surface area contributed by atoms with Crippen LogP contribution in [-0.2, 0) is 9.53 Å². The van der Waals surface area contributed by atoms with E-state index >= 15 is 0 Å². The first-order valence-electron chi connectivity index (χ1n) is 3.64. The molecule has 0 saturated carbocycles. The van der Waals surface area contributed by atoms with E-state index in [9.17, 15) is 4.79 Å². The summed E-state index contributed by atoms with van der Waals surface area (Å²) in [6, 6.07) is 0. The van der Waals surface area contributed by atoms with Gasteiger partial charge < -0.3 is 9.72 Å². The molecule has 0 atom stereocenters. The highest BCUT2D eigenvalue weighted by Gasteiger charge is 1.87. The van der Waals surface area contributed by atoms with Crippen molar-refractivity contribution in [2.24, 2.45) is 0 Å². The zero-order chi connectivity index (χ0) is 9.94. The molecule has 4 nitrogen and oxygen atoms in total. The quantitative estimate of drug-likeness (QED) is 0.433. The van der Waals surface area contributed by atoms with Crippen LogP contribution in [0.5, 0.6) is 0 Å². The molecule has 0 bridgehead atoms. The summed E-state index contributed by atoms with van der Waals surface area (Å²) in [4.78, 5) is 16.6. The number of nitrogens with zero attached hydrogens (tertiary/aromatic N) is 1. The van der Waals surface area contributed by atoms with E-state index in [0.29, 0.717) is 0 Å². The predicted octanol–water partition coefficient (Wildman–Crippen LogP) is 1.31. The monoisotopic (exact) mass is 180 g/mol. The maximum absolute atomic E-state index is 10.2. The summed E-state index contributed by atoms with van der Waals surface area (Å²) in [6.45, 7) is 6.81. The number of imidazole rings is 1. The van der Waals surface area contributed by atoms with Crippen LogP contribution >= 0.6 is 0 Å². The molecule has 0 amide bonds. The Morgan fingerprint density at radius 2 is 2.38 bits per heavy atom. The molecule has 0 aliphatic carbocycles. The molecule has 1 rings (SSSR count). The number of aromatic amines is 1. The van der Waals surface area contributed by atoms with Crippen molar-refractivity contribution in [1.29, 1.82) is 0 Å². The van der Waals surface area contributed by atoms with Crippen molar-refractivity contribution in [2.75, 3.05) is 6.61 Å². The van der Waals surface area contributed by atoms with Gasteiger partial charge in [0.05, 0.1) is 6.33 Å². The maximum Gasteiger partial charge on any atom is 0.330 e. The Morgan fingerprint density at radius 3 is 2.69 bits per heavy atom. The van der Waals surface area contributed by atoms with Crippen LogP contribution in [0.15, 0.2) is 44.0 Å². The molecular formula is C9H12N2O2. The highest BCUT2D eigenvalue weighted by molar-refractivity contribution is 5.81. The number of ether oxygens (including phenoxy) is 1. The molecule has 0 aromatic carbocycles. The Labute approximate surface area is 77.0 Å². The molecule has 0 fully saturated rings. The molecule has 70 valence electrons. The van der Waals surface area contributed by atoms with Gasteiger partial charge in [0.25, 0.3) is 0 Å². The molecular weight excluding hydrogens is 168 g/mol. The third-order valence-electron chi connectivity index (χ3n) is 0.916. The first-order chi connectivity index (χ1) is 6.31. The van der Waals surface area contributed by atoms with Gasteiger partial charge in [-0.15, -0.1) is 0 Å². The first-order valence-corrected chi connectivity index (χ1v) is 3.64. The number of aromatic nitrogens is 2. The number of esters is 1. The van der Waals surface area contributed by atoms with Crippen LogP contribution in [-0.4, -0.2) is 22.5 Å². The SMILES string of the molecule is C=CCOC(=O)C=C.c1c[nH]cn1. The molecule has 0 unspecified atom stereocenters. The number of hydrogen-bond donors (Lipinski definition) is 1. The minimum Gasteiger partial charge on any atom is -0.458 e. The fourth-order valence-corrected chi connectivity index (χ4v) is 0.415. The van der Waals surface area contributed by atoms with Gasteiger partial charge in [0, 0.05) is 18.5 Å². The van der Waals surface area contributed by atoms with Crippen LogP contribution in [0.25, 0.3) is 0 Å². The second kappa shape index (κ2) is 8.26. The van der Waals surface area contributed by atoms with Gasteiger partial charge in [-0.2, -0.15) is 0 Å². The molecule has 13 heavy (non-hydrogen) atoms. The smallest absolute Gasteiger partial charge is 0.330 e. The van der Waals surface area contributed by atoms with Crippen molar-refractivity contribution in [3.05, 3.63) is 44.0 Å². The zero-order valence-electron chi connectivity index (χ0n) is 7.27. The van der Waals surface area contributed by atoms with Crippen LogP contribution < -0.4 is 0 Å². The molecule has 1 N–H and O–H groups in total. The summed E-state index contributed by atoms with van der Waals surface area (Å²) >= 11 is 0. The van der Waals surface area contributed by atoms with Gasteiger partial charge in [0.2, 0.25) is 0 Å². The zero-order valence-corrected chi connectivity index (χ0v) is 7.27. The van der Waals surface area contributed by atoms with Gasteiger partial charge in [-0.05, 0) is 0 Å². The van der Waals surface area contributed by atoms with E-state index in [4.69, 9.17) is 0 Å². The first kappa shape index (κ1) is 11.2. The van der Waals surface area contributed by atoms with Gasteiger partial charge in [-0.25, -0.2) is 9.78 Å². The van der Waals surface area contributed by atoms with Crippen LogP contribution in [0.1, 0.15) is 0 Å². The lowest BCUT2D eigenvalue weighted by molar-refractivity contribution is -0.136. The molecule has 0 aliphatic heterocycles. The number of hydrogen-bond acceptors (Lipinski definition) is 3. The van der Waals surface area contributed by atoms with Crippen molar-refractivity contribution in [2.45, 2.75) is 0 Å². The average Bonchev–Trinajstić information content (AvgIpc) is 2.72. The Morgan fingerprint density at radius 1 is 1.62 bits per heavy atom. The highest BCUT2D eigenvalue weighted by Crippen LogP contribution is 1.77. The second-order valence-electron chi connectivity index (χ2n) is 1.88. The predicted molar refractivity (Wildman–Crippen MR) is 49.9 cm³/mol. The Kier molecular flexibility index (Phi) is 7.09. The van der Waals surface area contributed by atoms with Crippen LogP contribution in [0.2, 0.25) is 0 Å². The number of H-pyrrole nitrogens is 1. The summed E-state index contributed by atoms with van der Waals surface area (Å²) in [6.07, 6.45) is 7.70. The fraction of sp³-hybridized carbons (Fsp3) is 0.111. The number of carbonyl (C=O) groups is 1. The average molecular weight is 180 g/mol. The highest BCUT2D eigenvalue weighted by atomic mass is 16.5. The summed E-state index contributed by atoms with van der Waals surface area (Å²) < 4.78 is 4.47. The standard InChI is InChI=1S/C6H8O2.C3H4N2/c1-3-5-8-6(7)4-2;1-2-5-3-4-1/h3-4H,1-2,5H2;1-3H,(H,4,5). The van der Waals surface area contributed by atoms with Gasteiger partial charge in [0.15, 0.2) is 0 Å². The summed E-state index contributed by atoms with van der Waals surface area (Å²) in [5.41, 5.74) is 0. The number of rotatable bonds is 3. The van der Waals surface area contributed by atoms with Gasteiger partial charge in [0.1, 0.15) is 6.61 Å². The van der Waals surface area contributed by atoms with Crippen molar-refractivity contribution in [1.82, 2.24) is 9.97 Å². The summed E-state index contributed by atoms with van der Waals surface area (Å²) in [7, 11) is 0. The molecule has 0 radical (unpaired) electrons. The van der Waals surface area contributed by atoms with Crippen molar-refractivity contribution >= 4 is 5.97 Å². The fourth-order valence-electron chi connectivity index (χ4n) is 0.415. The van der Waals surface area contributed by atoms with E-state index in [2.05, 4.69) is 27.9 Å². The lowest BCUT2D eigenvalue weighted by Gasteiger charge is -1.92. The molecule has 1 aromatic rings. The van der Waals surface area contributed by atoms with Gasteiger partial charge >= 0.3 is 5.97 Å². The Balaban J connectivity index is 0.000000243. The third-order valence-corrected chi connectivity index (χ3v) is 0.916. The number of nitrogens with one attached hydrogen (secondary N) is 1. The van der Waals surface area contributed by atoms with Crippen molar-refractivity contribution < 1.29 is 9.53 Å². The van der Waals surface area contributed by atoms with Crippen molar-refractivity contribution in [3.8, 4) is 0 Å². The molecule has 0 aliphatic rings. The lowest BCUT2D eigenvalue weighted by Crippen LogP contribution is -1.98. The summed E-state index contributed by atoms with van der Waals surface area (Å²) in [5, 5.41) is 0. The van der Waals surface area contributed by atoms with Crippen LogP contribution in [0.3, 0.4) is 0 Å². The van der Waals surface area contributed by atoms with Gasteiger partial charge in [-0.3, -0.25) is 0 Å². The van der Waals surface area contributed by atoms with E-state index in [1.807, 2.05) is 0 Å². The van der Waals surface area contributed by atoms with E-state index in [-0.39, 0.29) is 6.61 Å². The van der Waals surface area contributed by atoms with E-state index in [0.717, 1.165) is 6.08 Å². The van der Waals surface area contributed by atoms with Crippen LogP contribution in [0, 0.1) is 0 Å². The minimum absolute atomic E-state index is 0.255. The molecule has 1 heterocycles. The second-order valence-corrected chi connectivity index (χ2v) is 1.88. The largest absolute Gasteiger partial charge is 0.458 e. The van der Waals surface area contributed by atoms with E-state index in [1.54, 1.807) is 18.7 Å². The summed E-state index contributed by atoms with van der Waals surface area (Å²) in [5.74, 6) is -0.412. The number of carbonyl (C=O) groups excluding carboxylic acids is 1. The van der Waals surface area contributed by atoms with Crippen molar-refractivity contribution in [3.63, 3.8) is 0 Å². The van der Waals surface area contributed by atoms with Gasteiger partial charge in [-0.1, -0.05) is 19.2 Å².